The van der Waals surface area contributed by atoms with Gasteiger partial charge < -0.3 is 10.3 Å². The Morgan fingerprint density at radius 1 is 1.35 bits per heavy atom. The average molecular weight is 268 g/mol. The molecule has 0 aliphatic rings. The molecule has 20 heavy (non-hydrogen) atoms. The van der Waals surface area contributed by atoms with Gasteiger partial charge in [0.05, 0.1) is 6.54 Å². The highest BCUT2D eigenvalue weighted by molar-refractivity contribution is 5.70. The van der Waals surface area contributed by atoms with Crippen LogP contribution in [0.3, 0.4) is 0 Å². The van der Waals surface area contributed by atoms with Gasteiger partial charge in [0.1, 0.15) is 17.3 Å². The Labute approximate surface area is 120 Å². The third-order valence-electron chi connectivity index (χ3n) is 3.11. The van der Waals surface area contributed by atoms with E-state index in [9.17, 15) is 0 Å². The maximum absolute atomic E-state index is 6.23. The van der Waals surface area contributed by atoms with Crippen molar-refractivity contribution in [2.24, 2.45) is 0 Å². The number of terminal acetylenes is 1. The molecule has 0 aliphatic heterocycles. The van der Waals surface area contributed by atoms with E-state index in [0.29, 0.717) is 12.4 Å². The Bertz CT molecular complexity index is 652. The summed E-state index contributed by atoms with van der Waals surface area (Å²) >= 11 is 0. The molecule has 2 aromatic heterocycles. The van der Waals surface area contributed by atoms with E-state index < -0.39 is 0 Å². The van der Waals surface area contributed by atoms with Crippen LogP contribution in [0.2, 0.25) is 0 Å². The summed E-state index contributed by atoms with van der Waals surface area (Å²) in [6.07, 6.45) is 7.24. The van der Waals surface area contributed by atoms with Gasteiger partial charge >= 0.3 is 0 Å². The van der Waals surface area contributed by atoms with E-state index in [-0.39, 0.29) is 5.41 Å². The first-order chi connectivity index (χ1) is 9.34. The largest absolute Gasteiger partial charge is 0.383 e. The monoisotopic (exact) mass is 268 g/mol. The summed E-state index contributed by atoms with van der Waals surface area (Å²) in [6.45, 7) is 8.66. The van der Waals surface area contributed by atoms with Crippen LogP contribution in [0, 0.1) is 19.3 Å². The van der Waals surface area contributed by atoms with Crippen molar-refractivity contribution < 1.29 is 0 Å². The molecule has 0 amide bonds. The molecule has 104 valence electrons. The van der Waals surface area contributed by atoms with Gasteiger partial charge in [0.2, 0.25) is 0 Å². The number of nitrogens with zero attached hydrogens (tertiary/aromatic N) is 3. The molecule has 0 radical (unpaired) electrons. The van der Waals surface area contributed by atoms with Gasteiger partial charge in [-0.25, -0.2) is 4.98 Å². The summed E-state index contributed by atoms with van der Waals surface area (Å²) < 4.78 is 1.90. The van der Waals surface area contributed by atoms with E-state index in [1.807, 2.05) is 23.6 Å². The highest BCUT2D eigenvalue weighted by atomic mass is 15.1. The first-order valence-corrected chi connectivity index (χ1v) is 6.57. The van der Waals surface area contributed by atoms with Crippen LogP contribution in [-0.4, -0.2) is 14.5 Å². The number of imidazole rings is 1. The summed E-state index contributed by atoms with van der Waals surface area (Å²) in [5, 5.41) is 0. The minimum Gasteiger partial charge on any atom is -0.383 e. The van der Waals surface area contributed by atoms with Crippen LogP contribution in [-0.2, 0) is 12.0 Å². The first-order valence-electron chi connectivity index (χ1n) is 6.57. The van der Waals surface area contributed by atoms with E-state index >= 15 is 0 Å². The Morgan fingerprint density at radius 2 is 2.05 bits per heavy atom. The number of aryl methyl sites for hydroxylation is 1. The second kappa shape index (κ2) is 5.01. The lowest BCUT2D eigenvalue weighted by Gasteiger charge is -2.18. The van der Waals surface area contributed by atoms with Gasteiger partial charge in [-0.3, -0.25) is 4.98 Å². The molecule has 0 aliphatic carbocycles. The second-order valence-corrected chi connectivity index (χ2v) is 5.90. The average Bonchev–Trinajstić information content (AvgIpc) is 2.69. The van der Waals surface area contributed by atoms with Crippen LogP contribution in [0.5, 0.6) is 0 Å². The lowest BCUT2D eigenvalue weighted by Crippen LogP contribution is -2.19. The number of pyridine rings is 1. The summed E-state index contributed by atoms with van der Waals surface area (Å²) in [5.74, 6) is 4.13. The molecule has 0 aromatic carbocycles. The van der Waals surface area contributed by atoms with Gasteiger partial charge in [0.25, 0.3) is 0 Å². The van der Waals surface area contributed by atoms with Gasteiger partial charge in [0.15, 0.2) is 0 Å². The predicted octanol–water partition coefficient (Wildman–Crippen LogP) is 2.77. The number of hydrogen-bond acceptors (Lipinski definition) is 3. The number of aromatic nitrogens is 3. The molecule has 2 rings (SSSR count). The number of anilines is 1. The zero-order chi connectivity index (χ0) is 14.9. The Balaban J connectivity index is 2.61. The smallest absolute Gasteiger partial charge is 0.132 e. The van der Waals surface area contributed by atoms with Crippen molar-refractivity contribution >= 4 is 5.82 Å². The van der Waals surface area contributed by atoms with Crippen LogP contribution in [0.25, 0.3) is 11.3 Å². The quantitative estimate of drug-likeness (QED) is 0.852. The summed E-state index contributed by atoms with van der Waals surface area (Å²) in [7, 11) is 0. The topological polar surface area (TPSA) is 56.7 Å². The first kappa shape index (κ1) is 14.1. The highest BCUT2D eigenvalue weighted by Gasteiger charge is 2.25. The number of nitrogen functional groups attached to an aromatic ring is 1. The van der Waals surface area contributed by atoms with Gasteiger partial charge in [-0.15, -0.1) is 6.42 Å². The van der Waals surface area contributed by atoms with E-state index in [1.165, 1.54) is 0 Å². The van der Waals surface area contributed by atoms with E-state index in [2.05, 4.69) is 31.7 Å². The minimum atomic E-state index is -0.124. The lowest BCUT2D eigenvalue weighted by molar-refractivity contribution is 0.517. The van der Waals surface area contributed by atoms with Crippen molar-refractivity contribution in [3.05, 3.63) is 29.8 Å². The van der Waals surface area contributed by atoms with Gasteiger partial charge in [-0.05, 0) is 19.1 Å². The summed E-state index contributed by atoms with van der Waals surface area (Å²) in [6, 6.07) is 3.93. The molecule has 0 saturated heterocycles. The molecule has 0 fully saturated rings. The molecule has 0 unspecified atom stereocenters. The predicted molar refractivity (Wildman–Crippen MR) is 82.1 cm³/mol. The maximum atomic E-state index is 6.23. The molecule has 0 bridgehead atoms. The molecular weight excluding hydrogens is 248 g/mol. The zero-order valence-electron chi connectivity index (χ0n) is 12.4. The summed E-state index contributed by atoms with van der Waals surface area (Å²) in [5.41, 5.74) is 8.73. The minimum absolute atomic E-state index is 0.124. The highest BCUT2D eigenvalue weighted by Crippen LogP contribution is 2.31. The van der Waals surface area contributed by atoms with Crippen LogP contribution in [0.4, 0.5) is 5.82 Å². The van der Waals surface area contributed by atoms with Gasteiger partial charge in [-0.2, -0.15) is 0 Å². The van der Waals surface area contributed by atoms with Crippen molar-refractivity contribution in [3.8, 4) is 23.6 Å². The van der Waals surface area contributed by atoms with E-state index in [0.717, 1.165) is 22.8 Å². The van der Waals surface area contributed by atoms with Crippen molar-refractivity contribution in [3.63, 3.8) is 0 Å². The Kier molecular flexibility index (Phi) is 3.54. The molecule has 0 spiro atoms. The molecule has 2 heterocycles. The molecule has 0 saturated carbocycles. The normalized spacial score (nSPS) is 11.3. The van der Waals surface area contributed by atoms with Crippen molar-refractivity contribution in [2.75, 3.05) is 5.73 Å². The fourth-order valence-corrected chi connectivity index (χ4v) is 2.11. The van der Waals surface area contributed by atoms with Crippen LogP contribution < -0.4 is 5.73 Å². The fraction of sp³-hybridized carbons (Fsp3) is 0.375. The third kappa shape index (κ3) is 2.53. The van der Waals surface area contributed by atoms with Crippen LogP contribution in [0.15, 0.2) is 18.3 Å². The molecule has 4 nitrogen and oxygen atoms in total. The van der Waals surface area contributed by atoms with Crippen molar-refractivity contribution in [1.29, 1.82) is 0 Å². The lowest BCUT2D eigenvalue weighted by atomic mass is 9.95. The SMILES string of the molecule is C#CCn1c(C(C)(C)C)nc(-c2ccc(C)nc2)c1N. The summed E-state index contributed by atoms with van der Waals surface area (Å²) in [4.78, 5) is 9.00. The second-order valence-electron chi connectivity index (χ2n) is 5.90. The van der Waals surface area contributed by atoms with Gasteiger partial charge in [-0.1, -0.05) is 26.7 Å². The molecule has 2 aromatic rings. The van der Waals surface area contributed by atoms with Gasteiger partial charge in [0, 0.05) is 22.9 Å². The number of hydrogen-bond donors (Lipinski definition) is 1. The van der Waals surface area contributed by atoms with Crippen LogP contribution >= 0.6 is 0 Å². The standard InChI is InChI=1S/C16H20N4/c1-6-9-20-14(17)13(19-15(20)16(3,4)5)12-8-7-11(2)18-10-12/h1,7-8,10H,9,17H2,2-5H3. The molecule has 4 heteroatoms. The van der Waals surface area contributed by atoms with Crippen molar-refractivity contribution in [2.45, 2.75) is 39.7 Å². The van der Waals surface area contributed by atoms with Crippen molar-refractivity contribution in [1.82, 2.24) is 14.5 Å². The maximum Gasteiger partial charge on any atom is 0.132 e. The fourth-order valence-electron chi connectivity index (χ4n) is 2.11. The molecular formula is C16H20N4. The zero-order valence-corrected chi connectivity index (χ0v) is 12.4. The third-order valence-corrected chi connectivity index (χ3v) is 3.11. The van der Waals surface area contributed by atoms with E-state index in [1.54, 1.807) is 6.20 Å². The Hall–Kier alpha value is -2.28. The molecule has 0 atom stereocenters. The van der Waals surface area contributed by atoms with Crippen LogP contribution in [0.1, 0.15) is 32.3 Å². The molecule has 2 N–H and O–H groups in total. The number of rotatable bonds is 2. The van der Waals surface area contributed by atoms with E-state index in [4.69, 9.17) is 17.1 Å². The number of nitrogens with two attached hydrogens (primary N) is 1. The Morgan fingerprint density at radius 3 is 2.55 bits per heavy atom.